The number of nitrogens with one attached hydrogen (secondary N) is 2. The Bertz CT molecular complexity index is 695. The van der Waals surface area contributed by atoms with E-state index in [9.17, 15) is 18.0 Å². The molecule has 1 fully saturated rings. The van der Waals surface area contributed by atoms with Gasteiger partial charge in [0.05, 0.1) is 19.8 Å². The summed E-state index contributed by atoms with van der Waals surface area (Å²) in [6.07, 6.45) is 0. The first kappa shape index (κ1) is 18.8. The summed E-state index contributed by atoms with van der Waals surface area (Å²) in [5.41, 5.74) is 0. The van der Waals surface area contributed by atoms with E-state index >= 15 is 0 Å². The van der Waals surface area contributed by atoms with Crippen LogP contribution in [0.4, 0.5) is 0 Å². The highest BCUT2D eigenvalue weighted by atomic mass is 32.2. The molecule has 1 atom stereocenters. The van der Waals surface area contributed by atoms with Crippen LogP contribution in [0.25, 0.3) is 0 Å². The first-order valence-corrected chi connectivity index (χ1v) is 9.78. The van der Waals surface area contributed by atoms with Crippen LogP contribution in [0.2, 0.25) is 0 Å². The van der Waals surface area contributed by atoms with Gasteiger partial charge in [-0.05, 0) is 19.1 Å². The fraction of sp³-hybridized carbons (Fsp3) is 0.571. The van der Waals surface area contributed by atoms with Crippen LogP contribution in [0.5, 0.6) is 0 Å². The van der Waals surface area contributed by atoms with Gasteiger partial charge < -0.3 is 15.4 Å². The third-order valence-corrected chi connectivity index (χ3v) is 6.90. The molecule has 1 aromatic rings. The Kier molecular flexibility index (Phi) is 6.33. The minimum atomic E-state index is -3.51. The average molecular weight is 375 g/mol. The van der Waals surface area contributed by atoms with Gasteiger partial charge in [0.25, 0.3) is 10.0 Å². The maximum atomic E-state index is 12.5. The van der Waals surface area contributed by atoms with E-state index in [4.69, 9.17) is 4.74 Å². The van der Waals surface area contributed by atoms with Crippen molar-refractivity contribution >= 4 is 33.2 Å². The SMILES string of the molecule is CC(=O)N[C@@H](C)C(=O)NCc1ccc(S(=O)(=O)N2CCOCC2)s1. The molecule has 2 amide bonds. The second kappa shape index (κ2) is 8.06. The number of nitrogens with zero attached hydrogens (tertiary/aromatic N) is 1. The molecule has 0 aliphatic carbocycles. The molecular weight excluding hydrogens is 354 g/mol. The van der Waals surface area contributed by atoms with E-state index in [1.54, 1.807) is 19.1 Å². The van der Waals surface area contributed by atoms with Crippen molar-refractivity contribution in [1.82, 2.24) is 14.9 Å². The molecule has 1 aliphatic rings. The zero-order valence-corrected chi connectivity index (χ0v) is 15.2. The maximum absolute atomic E-state index is 12.5. The Balaban J connectivity index is 1.95. The largest absolute Gasteiger partial charge is 0.379 e. The first-order chi connectivity index (χ1) is 11.3. The normalized spacial score (nSPS) is 17.2. The van der Waals surface area contributed by atoms with Crippen LogP contribution in [-0.4, -0.2) is 56.9 Å². The van der Waals surface area contributed by atoms with Gasteiger partial charge in [-0.15, -0.1) is 11.3 Å². The van der Waals surface area contributed by atoms with Crippen molar-refractivity contribution in [1.29, 1.82) is 0 Å². The number of hydrogen-bond acceptors (Lipinski definition) is 6. The van der Waals surface area contributed by atoms with Crippen molar-refractivity contribution in [3.8, 4) is 0 Å². The second-order valence-electron chi connectivity index (χ2n) is 5.38. The number of thiophene rings is 1. The van der Waals surface area contributed by atoms with Crippen LogP contribution in [0.1, 0.15) is 18.7 Å². The summed E-state index contributed by atoms with van der Waals surface area (Å²) in [5, 5.41) is 5.17. The zero-order chi connectivity index (χ0) is 17.7. The number of amides is 2. The van der Waals surface area contributed by atoms with Gasteiger partial charge in [-0.1, -0.05) is 0 Å². The smallest absolute Gasteiger partial charge is 0.252 e. The standard InChI is InChI=1S/C14H21N3O5S2/c1-10(16-11(2)18)14(19)15-9-12-3-4-13(23-12)24(20,21)17-5-7-22-8-6-17/h3-4,10H,5-9H2,1-2H3,(H,15,19)(H,16,18)/t10-/m0/s1. The Morgan fingerprint density at radius 1 is 1.33 bits per heavy atom. The summed E-state index contributed by atoms with van der Waals surface area (Å²) in [4.78, 5) is 23.5. The number of rotatable bonds is 6. The number of morpholine rings is 1. The van der Waals surface area contributed by atoms with Gasteiger partial charge in [-0.2, -0.15) is 4.31 Å². The Morgan fingerprint density at radius 3 is 2.62 bits per heavy atom. The Labute approximate surface area is 145 Å². The number of ether oxygens (including phenoxy) is 1. The summed E-state index contributed by atoms with van der Waals surface area (Å²) in [5.74, 6) is -0.608. The van der Waals surface area contributed by atoms with Crippen LogP contribution in [-0.2, 0) is 30.9 Å². The monoisotopic (exact) mass is 375 g/mol. The minimum absolute atomic E-state index is 0.214. The van der Waals surface area contributed by atoms with Crippen LogP contribution in [0.3, 0.4) is 0 Å². The number of carbonyl (C=O) groups excluding carboxylic acids is 2. The molecule has 134 valence electrons. The van der Waals surface area contributed by atoms with Gasteiger partial charge >= 0.3 is 0 Å². The molecule has 2 rings (SSSR count). The lowest BCUT2D eigenvalue weighted by molar-refractivity contribution is -0.127. The van der Waals surface area contributed by atoms with E-state index in [0.29, 0.717) is 26.3 Å². The Morgan fingerprint density at radius 2 is 2.00 bits per heavy atom. The topological polar surface area (TPSA) is 105 Å². The van der Waals surface area contributed by atoms with Crippen LogP contribution in [0.15, 0.2) is 16.3 Å². The molecule has 1 aromatic heterocycles. The highest BCUT2D eigenvalue weighted by Crippen LogP contribution is 2.25. The van der Waals surface area contributed by atoms with E-state index in [1.165, 1.54) is 11.2 Å². The lowest BCUT2D eigenvalue weighted by Crippen LogP contribution is -2.43. The molecule has 1 saturated heterocycles. The molecule has 24 heavy (non-hydrogen) atoms. The quantitative estimate of drug-likeness (QED) is 0.723. The molecule has 8 nitrogen and oxygen atoms in total. The molecule has 0 bridgehead atoms. The zero-order valence-electron chi connectivity index (χ0n) is 13.6. The third kappa shape index (κ3) is 4.76. The predicted octanol–water partition coefficient (Wildman–Crippen LogP) is -0.0902. The van der Waals surface area contributed by atoms with E-state index in [2.05, 4.69) is 10.6 Å². The summed E-state index contributed by atoms with van der Waals surface area (Å²) in [6, 6.07) is 2.59. The number of sulfonamides is 1. The molecular formula is C14H21N3O5S2. The predicted molar refractivity (Wildman–Crippen MR) is 89.0 cm³/mol. The minimum Gasteiger partial charge on any atom is -0.379 e. The van der Waals surface area contributed by atoms with Crippen LogP contribution < -0.4 is 10.6 Å². The van der Waals surface area contributed by atoms with Gasteiger partial charge in [0, 0.05) is 24.9 Å². The fourth-order valence-corrected chi connectivity index (χ4v) is 5.06. The lowest BCUT2D eigenvalue weighted by atomic mass is 10.3. The van der Waals surface area contributed by atoms with Gasteiger partial charge in [-0.25, -0.2) is 8.42 Å². The summed E-state index contributed by atoms with van der Waals surface area (Å²) in [6.45, 7) is 4.63. The van der Waals surface area contributed by atoms with Crippen molar-refractivity contribution in [3.63, 3.8) is 0 Å². The summed E-state index contributed by atoms with van der Waals surface area (Å²) in [7, 11) is -3.51. The molecule has 1 aliphatic heterocycles. The van der Waals surface area contributed by atoms with Gasteiger partial charge in [0.1, 0.15) is 10.3 Å². The lowest BCUT2D eigenvalue weighted by Gasteiger charge is -2.25. The van der Waals surface area contributed by atoms with Crippen molar-refractivity contribution in [2.24, 2.45) is 0 Å². The van der Waals surface area contributed by atoms with E-state index < -0.39 is 16.1 Å². The van der Waals surface area contributed by atoms with Crippen LogP contribution >= 0.6 is 11.3 Å². The highest BCUT2D eigenvalue weighted by molar-refractivity contribution is 7.91. The average Bonchev–Trinajstić information content (AvgIpc) is 3.02. The van der Waals surface area contributed by atoms with Crippen molar-refractivity contribution in [2.45, 2.75) is 30.6 Å². The molecule has 0 radical (unpaired) electrons. The van der Waals surface area contributed by atoms with Crippen molar-refractivity contribution in [2.75, 3.05) is 26.3 Å². The highest BCUT2D eigenvalue weighted by Gasteiger charge is 2.27. The summed E-state index contributed by atoms with van der Waals surface area (Å²) >= 11 is 1.13. The molecule has 0 aromatic carbocycles. The fourth-order valence-electron chi connectivity index (χ4n) is 2.20. The van der Waals surface area contributed by atoms with Crippen molar-refractivity contribution < 1.29 is 22.7 Å². The molecule has 10 heteroatoms. The van der Waals surface area contributed by atoms with Gasteiger partial charge in [0.2, 0.25) is 11.8 Å². The maximum Gasteiger partial charge on any atom is 0.252 e. The van der Waals surface area contributed by atoms with Gasteiger partial charge in [0.15, 0.2) is 0 Å². The van der Waals surface area contributed by atoms with E-state index in [0.717, 1.165) is 16.2 Å². The first-order valence-electron chi connectivity index (χ1n) is 7.52. The second-order valence-corrected chi connectivity index (χ2v) is 8.71. The Hall–Kier alpha value is -1.49. The van der Waals surface area contributed by atoms with Crippen molar-refractivity contribution in [3.05, 3.63) is 17.0 Å². The molecule has 2 heterocycles. The molecule has 0 unspecified atom stereocenters. The van der Waals surface area contributed by atoms with Gasteiger partial charge in [-0.3, -0.25) is 9.59 Å². The van der Waals surface area contributed by atoms with E-state index in [1.807, 2.05) is 0 Å². The summed E-state index contributed by atoms with van der Waals surface area (Å²) < 4.78 is 31.9. The molecule has 0 spiro atoms. The number of hydrogen-bond donors (Lipinski definition) is 2. The molecule has 2 N–H and O–H groups in total. The number of carbonyl (C=O) groups is 2. The third-order valence-electron chi connectivity index (χ3n) is 3.45. The molecule has 0 saturated carbocycles. The van der Waals surface area contributed by atoms with Crippen LogP contribution in [0, 0.1) is 0 Å². The van der Waals surface area contributed by atoms with E-state index in [-0.39, 0.29) is 22.6 Å².